The number of aryl methyl sites for hydroxylation is 1. The highest BCUT2D eigenvalue weighted by Crippen LogP contribution is 2.19. The van der Waals surface area contributed by atoms with Gasteiger partial charge in [0.05, 0.1) is 35.3 Å². The van der Waals surface area contributed by atoms with Gasteiger partial charge in [0.25, 0.3) is 11.7 Å². The lowest BCUT2D eigenvalue weighted by Gasteiger charge is -2.30. The van der Waals surface area contributed by atoms with Crippen LogP contribution in [0.15, 0.2) is 30.3 Å². The Hall–Kier alpha value is -2.47. The van der Waals surface area contributed by atoms with Gasteiger partial charge in [0.1, 0.15) is 0 Å². The molecule has 1 fully saturated rings. The smallest absolute Gasteiger partial charge is 0.295 e. The van der Waals surface area contributed by atoms with Gasteiger partial charge in [-0.25, -0.2) is 4.68 Å². The van der Waals surface area contributed by atoms with Gasteiger partial charge in [-0.1, -0.05) is 18.2 Å². The summed E-state index contributed by atoms with van der Waals surface area (Å²) in [6.07, 6.45) is -0.0512. The van der Waals surface area contributed by atoms with E-state index in [1.807, 2.05) is 44.2 Å². The summed E-state index contributed by atoms with van der Waals surface area (Å²) >= 11 is 0. The number of nitrogens with zero attached hydrogens (tertiary/aromatic N) is 3. The second kappa shape index (κ2) is 6.57. The summed E-state index contributed by atoms with van der Waals surface area (Å²) in [5.74, 6) is -0.981. The maximum atomic E-state index is 12.8. The molecule has 1 aromatic carbocycles. The Morgan fingerprint density at radius 2 is 1.92 bits per heavy atom. The van der Waals surface area contributed by atoms with E-state index in [1.165, 1.54) is 0 Å². The monoisotopic (exact) mass is 327 g/mol. The molecule has 1 unspecified atom stereocenters. The summed E-state index contributed by atoms with van der Waals surface area (Å²) in [5.41, 5.74) is 2.50. The molecule has 1 amide bonds. The number of hydrogen-bond acceptors (Lipinski definition) is 4. The Morgan fingerprint density at radius 3 is 2.58 bits per heavy atom. The number of carbonyl (C=O) groups excluding carboxylic acids is 2. The van der Waals surface area contributed by atoms with Crippen LogP contribution < -0.4 is 0 Å². The van der Waals surface area contributed by atoms with Crippen molar-refractivity contribution in [3.8, 4) is 5.69 Å². The van der Waals surface area contributed by atoms with Crippen LogP contribution in [0, 0.1) is 13.8 Å². The van der Waals surface area contributed by atoms with E-state index in [2.05, 4.69) is 5.10 Å². The predicted octanol–water partition coefficient (Wildman–Crippen LogP) is 1.92. The van der Waals surface area contributed by atoms with Crippen molar-refractivity contribution in [2.45, 2.75) is 26.9 Å². The van der Waals surface area contributed by atoms with E-state index < -0.39 is 11.7 Å². The van der Waals surface area contributed by atoms with Crippen molar-refractivity contribution >= 4 is 11.7 Å². The first-order valence-electron chi connectivity index (χ1n) is 8.06. The van der Waals surface area contributed by atoms with Crippen molar-refractivity contribution in [1.29, 1.82) is 0 Å². The standard InChI is InChI=1S/C18H21N3O3/c1-12-11-20(9-10-24-12)18(23)17(22)16-13(2)19-21(14(16)3)15-7-5-4-6-8-15/h4-8,12H,9-11H2,1-3H3. The zero-order valence-electron chi connectivity index (χ0n) is 14.2. The average molecular weight is 327 g/mol. The van der Waals surface area contributed by atoms with E-state index in [-0.39, 0.29) is 6.10 Å². The molecule has 3 rings (SSSR count). The van der Waals surface area contributed by atoms with Crippen molar-refractivity contribution in [1.82, 2.24) is 14.7 Å². The van der Waals surface area contributed by atoms with Crippen molar-refractivity contribution < 1.29 is 14.3 Å². The number of rotatable bonds is 3. The van der Waals surface area contributed by atoms with Crippen LogP contribution in [0.1, 0.15) is 28.7 Å². The molecule has 1 aromatic heterocycles. The van der Waals surface area contributed by atoms with E-state index in [0.29, 0.717) is 36.6 Å². The molecule has 24 heavy (non-hydrogen) atoms. The van der Waals surface area contributed by atoms with Crippen LogP contribution in [0.5, 0.6) is 0 Å². The summed E-state index contributed by atoms with van der Waals surface area (Å²) in [4.78, 5) is 26.9. The van der Waals surface area contributed by atoms with Crippen LogP contribution >= 0.6 is 0 Å². The molecule has 0 saturated carbocycles. The summed E-state index contributed by atoms with van der Waals surface area (Å²) in [7, 11) is 0. The number of para-hydroxylation sites is 1. The molecule has 1 atom stereocenters. The summed E-state index contributed by atoms with van der Waals surface area (Å²) in [6, 6.07) is 9.57. The van der Waals surface area contributed by atoms with Gasteiger partial charge in [0.2, 0.25) is 0 Å². The SMILES string of the molecule is Cc1nn(-c2ccccc2)c(C)c1C(=O)C(=O)N1CCOC(C)C1. The van der Waals surface area contributed by atoms with E-state index in [4.69, 9.17) is 4.74 Å². The van der Waals surface area contributed by atoms with Crippen LogP contribution in [-0.4, -0.2) is 52.2 Å². The lowest BCUT2D eigenvalue weighted by Crippen LogP contribution is -2.47. The molecule has 1 saturated heterocycles. The first-order chi connectivity index (χ1) is 11.5. The molecule has 0 bridgehead atoms. The number of benzene rings is 1. The quantitative estimate of drug-likeness (QED) is 0.638. The van der Waals surface area contributed by atoms with Crippen LogP contribution in [0.25, 0.3) is 5.69 Å². The minimum absolute atomic E-state index is 0.0512. The van der Waals surface area contributed by atoms with Gasteiger partial charge in [0.15, 0.2) is 0 Å². The molecular weight excluding hydrogens is 306 g/mol. The van der Waals surface area contributed by atoms with Gasteiger partial charge in [-0.3, -0.25) is 9.59 Å². The highest BCUT2D eigenvalue weighted by molar-refractivity contribution is 6.43. The van der Waals surface area contributed by atoms with Gasteiger partial charge in [-0.2, -0.15) is 5.10 Å². The third kappa shape index (κ3) is 2.97. The first kappa shape index (κ1) is 16.4. The molecule has 0 aliphatic carbocycles. The van der Waals surface area contributed by atoms with Crippen LogP contribution in [0.2, 0.25) is 0 Å². The van der Waals surface area contributed by atoms with E-state index in [0.717, 1.165) is 5.69 Å². The highest BCUT2D eigenvalue weighted by atomic mass is 16.5. The van der Waals surface area contributed by atoms with Crippen LogP contribution in [0.4, 0.5) is 0 Å². The first-order valence-corrected chi connectivity index (χ1v) is 8.06. The highest BCUT2D eigenvalue weighted by Gasteiger charge is 2.31. The maximum absolute atomic E-state index is 12.8. The van der Waals surface area contributed by atoms with Gasteiger partial charge in [-0.05, 0) is 32.9 Å². The zero-order chi connectivity index (χ0) is 17.3. The van der Waals surface area contributed by atoms with Gasteiger partial charge < -0.3 is 9.64 Å². The summed E-state index contributed by atoms with van der Waals surface area (Å²) < 4.78 is 7.14. The molecule has 2 aromatic rings. The van der Waals surface area contributed by atoms with E-state index in [1.54, 1.807) is 16.5 Å². The second-order valence-electron chi connectivity index (χ2n) is 6.05. The molecule has 1 aliphatic heterocycles. The number of hydrogen-bond donors (Lipinski definition) is 0. The Balaban J connectivity index is 1.90. The third-order valence-corrected chi connectivity index (χ3v) is 4.24. The Kier molecular flexibility index (Phi) is 4.49. The molecule has 2 heterocycles. The number of carbonyl (C=O) groups is 2. The predicted molar refractivity (Wildman–Crippen MR) is 89.4 cm³/mol. The van der Waals surface area contributed by atoms with Gasteiger partial charge in [0, 0.05) is 13.1 Å². The Labute approximate surface area is 141 Å². The Morgan fingerprint density at radius 1 is 1.21 bits per heavy atom. The topological polar surface area (TPSA) is 64.4 Å². The molecule has 0 N–H and O–H groups in total. The van der Waals surface area contributed by atoms with Gasteiger partial charge >= 0.3 is 0 Å². The molecule has 126 valence electrons. The average Bonchev–Trinajstić information content (AvgIpc) is 2.89. The fraction of sp³-hybridized carbons (Fsp3) is 0.389. The van der Waals surface area contributed by atoms with Crippen molar-refractivity contribution in [3.63, 3.8) is 0 Å². The molecule has 0 spiro atoms. The van der Waals surface area contributed by atoms with Crippen LogP contribution in [0.3, 0.4) is 0 Å². The Bertz CT molecular complexity index is 767. The minimum Gasteiger partial charge on any atom is -0.375 e. The largest absolute Gasteiger partial charge is 0.375 e. The molecule has 6 nitrogen and oxygen atoms in total. The summed E-state index contributed by atoms with van der Waals surface area (Å²) in [6.45, 7) is 6.81. The van der Waals surface area contributed by atoms with Crippen molar-refractivity contribution in [2.24, 2.45) is 0 Å². The summed E-state index contributed by atoms with van der Waals surface area (Å²) in [5, 5.41) is 4.44. The number of ether oxygens (including phenoxy) is 1. The molecular formula is C18H21N3O3. The van der Waals surface area contributed by atoms with Gasteiger partial charge in [-0.15, -0.1) is 0 Å². The number of Topliss-reactive ketones (excluding diaryl/α,β-unsaturated/α-hetero) is 1. The lowest BCUT2D eigenvalue weighted by atomic mass is 10.1. The van der Waals surface area contributed by atoms with E-state index in [9.17, 15) is 9.59 Å². The minimum atomic E-state index is -0.499. The zero-order valence-corrected chi connectivity index (χ0v) is 14.2. The van der Waals surface area contributed by atoms with E-state index >= 15 is 0 Å². The number of amides is 1. The maximum Gasteiger partial charge on any atom is 0.295 e. The third-order valence-electron chi connectivity index (χ3n) is 4.24. The fourth-order valence-electron chi connectivity index (χ4n) is 3.05. The second-order valence-corrected chi connectivity index (χ2v) is 6.05. The molecule has 6 heteroatoms. The van der Waals surface area contributed by atoms with Crippen molar-refractivity contribution in [2.75, 3.05) is 19.7 Å². The molecule has 0 radical (unpaired) electrons. The number of aromatic nitrogens is 2. The number of ketones is 1. The van der Waals surface area contributed by atoms with Crippen molar-refractivity contribution in [3.05, 3.63) is 47.3 Å². The van der Waals surface area contributed by atoms with Crippen LogP contribution in [-0.2, 0) is 9.53 Å². The lowest BCUT2D eigenvalue weighted by molar-refractivity contribution is -0.133. The molecule has 1 aliphatic rings. The normalized spacial score (nSPS) is 17.8. The number of morpholine rings is 1. The fourth-order valence-corrected chi connectivity index (χ4v) is 3.05.